The van der Waals surface area contributed by atoms with Gasteiger partial charge in [0.05, 0.1) is 12.0 Å². The van der Waals surface area contributed by atoms with E-state index in [1.807, 2.05) is 6.92 Å². The van der Waals surface area contributed by atoms with Crippen molar-refractivity contribution in [1.29, 1.82) is 0 Å². The largest absolute Gasteiger partial charge is 0.494 e. The lowest BCUT2D eigenvalue weighted by Gasteiger charge is -2.09. The van der Waals surface area contributed by atoms with Gasteiger partial charge in [-0.25, -0.2) is 0 Å². The van der Waals surface area contributed by atoms with Crippen LogP contribution in [0.3, 0.4) is 0 Å². The summed E-state index contributed by atoms with van der Waals surface area (Å²) in [6, 6.07) is 21.4. The number of carbonyl (C=O) groups excluding carboxylic acids is 2. The van der Waals surface area contributed by atoms with Gasteiger partial charge < -0.3 is 19.8 Å². The van der Waals surface area contributed by atoms with E-state index in [-0.39, 0.29) is 17.1 Å². The highest BCUT2D eigenvalue weighted by Crippen LogP contribution is 2.18. The van der Waals surface area contributed by atoms with Crippen LogP contribution in [0.4, 0.5) is 11.4 Å². The van der Waals surface area contributed by atoms with Gasteiger partial charge in [-0.1, -0.05) is 12.1 Å². The molecule has 4 rings (SSSR count). The molecule has 4 aromatic rings. The van der Waals surface area contributed by atoms with Crippen LogP contribution in [-0.4, -0.2) is 18.4 Å². The van der Waals surface area contributed by atoms with E-state index >= 15 is 0 Å². The number of rotatable bonds is 6. The number of anilines is 2. The maximum atomic E-state index is 12.5. The van der Waals surface area contributed by atoms with Crippen molar-refractivity contribution in [2.75, 3.05) is 17.2 Å². The van der Waals surface area contributed by atoms with Crippen LogP contribution in [0.15, 0.2) is 88.1 Å². The quantitative estimate of drug-likeness (QED) is 0.464. The van der Waals surface area contributed by atoms with Gasteiger partial charge in [0.25, 0.3) is 11.8 Å². The fourth-order valence-corrected chi connectivity index (χ4v) is 3.12. The Balaban J connectivity index is 1.42. The summed E-state index contributed by atoms with van der Waals surface area (Å²) in [5, 5.41) is 5.88. The number of hydrogen-bond acceptors (Lipinski definition) is 5. The SMILES string of the molecule is CCOc1ccc(NC(=O)c2ccc(NC(=O)c3cc(=O)c4ccccc4o3)cc2)cc1. The molecule has 32 heavy (non-hydrogen) atoms. The highest BCUT2D eigenvalue weighted by atomic mass is 16.5. The third-order valence-electron chi connectivity index (χ3n) is 4.69. The molecule has 0 saturated carbocycles. The Labute approximate surface area is 183 Å². The number of hydrogen-bond donors (Lipinski definition) is 2. The van der Waals surface area contributed by atoms with E-state index in [2.05, 4.69) is 10.6 Å². The average molecular weight is 428 g/mol. The number of fused-ring (bicyclic) bond motifs is 1. The van der Waals surface area contributed by atoms with Gasteiger partial charge >= 0.3 is 0 Å². The second-order valence-corrected chi connectivity index (χ2v) is 6.91. The Bertz CT molecular complexity index is 1330. The van der Waals surface area contributed by atoms with Crippen LogP contribution in [0.2, 0.25) is 0 Å². The van der Waals surface area contributed by atoms with Crippen LogP contribution >= 0.6 is 0 Å². The van der Waals surface area contributed by atoms with E-state index in [4.69, 9.17) is 9.15 Å². The zero-order valence-corrected chi connectivity index (χ0v) is 17.3. The number of nitrogens with one attached hydrogen (secondary N) is 2. The molecule has 0 spiro atoms. The predicted octanol–water partition coefficient (Wildman–Crippen LogP) is 4.70. The first kappa shape index (κ1) is 20.9. The molecule has 0 unspecified atom stereocenters. The standard InChI is InChI=1S/C25H20N2O5/c1-2-31-19-13-11-18(12-14-19)26-24(29)16-7-9-17(10-8-16)27-25(30)23-15-21(28)20-5-3-4-6-22(20)32-23/h3-15H,2H2,1H3,(H,26,29)(H,27,30). The van der Waals surface area contributed by atoms with Crippen molar-refractivity contribution in [3.8, 4) is 5.75 Å². The summed E-state index contributed by atoms with van der Waals surface area (Å²) in [7, 11) is 0. The Hall–Kier alpha value is -4.39. The first-order valence-electron chi connectivity index (χ1n) is 10.0. The molecule has 0 atom stereocenters. The monoisotopic (exact) mass is 428 g/mol. The first-order valence-corrected chi connectivity index (χ1v) is 10.0. The Morgan fingerprint density at radius 2 is 1.47 bits per heavy atom. The average Bonchev–Trinajstić information content (AvgIpc) is 2.81. The maximum absolute atomic E-state index is 12.5. The molecule has 0 aliphatic rings. The third kappa shape index (κ3) is 4.67. The molecule has 1 heterocycles. The molecule has 0 aliphatic heterocycles. The van der Waals surface area contributed by atoms with Crippen LogP contribution in [0.25, 0.3) is 11.0 Å². The summed E-state index contributed by atoms with van der Waals surface area (Å²) < 4.78 is 10.9. The Kier molecular flexibility index (Phi) is 5.98. The smallest absolute Gasteiger partial charge is 0.291 e. The summed E-state index contributed by atoms with van der Waals surface area (Å²) in [6.45, 7) is 2.47. The van der Waals surface area contributed by atoms with Crippen molar-refractivity contribution in [2.45, 2.75) is 6.92 Å². The Morgan fingerprint density at radius 3 is 2.16 bits per heavy atom. The number of para-hydroxylation sites is 1. The Morgan fingerprint density at radius 1 is 0.844 bits per heavy atom. The lowest BCUT2D eigenvalue weighted by molar-refractivity contribution is 0.0995. The number of ether oxygens (including phenoxy) is 1. The molecule has 0 fully saturated rings. The lowest BCUT2D eigenvalue weighted by Crippen LogP contribution is -2.15. The zero-order chi connectivity index (χ0) is 22.5. The van der Waals surface area contributed by atoms with Crippen molar-refractivity contribution in [3.63, 3.8) is 0 Å². The molecule has 2 amide bonds. The minimum absolute atomic E-state index is 0.0916. The fraction of sp³-hybridized carbons (Fsp3) is 0.0800. The summed E-state index contributed by atoms with van der Waals surface area (Å²) in [5.74, 6) is -0.203. The summed E-state index contributed by atoms with van der Waals surface area (Å²) in [6.07, 6.45) is 0. The molecule has 7 nitrogen and oxygen atoms in total. The van der Waals surface area contributed by atoms with Gasteiger partial charge in [0.2, 0.25) is 0 Å². The van der Waals surface area contributed by atoms with Crippen molar-refractivity contribution in [2.24, 2.45) is 0 Å². The van der Waals surface area contributed by atoms with Gasteiger partial charge in [-0.3, -0.25) is 14.4 Å². The maximum Gasteiger partial charge on any atom is 0.291 e. The van der Waals surface area contributed by atoms with Gasteiger partial charge in [0, 0.05) is 23.0 Å². The van der Waals surface area contributed by atoms with Crippen LogP contribution in [0, 0.1) is 0 Å². The van der Waals surface area contributed by atoms with Crippen molar-refractivity contribution < 1.29 is 18.7 Å². The van der Waals surface area contributed by atoms with Gasteiger partial charge in [-0.2, -0.15) is 0 Å². The zero-order valence-electron chi connectivity index (χ0n) is 17.3. The molecule has 0 radical (unpaired) electrons. The molecule has 7 heteroatoms. The molecule has 2 N–H and O–H groups in total. The van der Waals surface area contributed by atoms with Crippen LogP contribution in [0.1, 0.15) is 27.8 Å². The second-order valence-electron chi connectivity index (χ2n) is 6.91. The van der Waals surface area contributed by atoms with E-state index in [9.17, 15) is 14.4 Å². The lowest BCUT2D eigenvalue weighted by atomic mass is 10.2. The molecule has 3 aromatic carbocycles. The molecule has 0 bridgehead atoms. The van der Waals surface area contributed by atoms with Crippen LogP contribution < -0.4 is 20.8 Å². The van der Waals surface area contributed by atoms with E-state index in [0.29, 0.717) is 34.5 Å². The predicted molar refractivity (Wildman–Crippen MR) is 122 cm³/mol. The second kappa shape index (κ2) is 9.18. The number of benzene rings is 3. The van der Waals surface area contributed by atoms with Crippen molar-refractivity contribution in [1.82, 2.24) is 0 Å². The van der Waals surface area contributed by atoms with Gasteiger partial charge in [0.15, 0.2) is 11.2 Å². The fourth-order valence-electron chi connectivity index (χ4n) is 3.12. The molecular formula is C25H20N2O5. The van der Waals surface area contributed by atoms with Gasteiger partial charge in [-0.15, -0.1) is 0 Å². The topological polar surface area (TPSA) is 97.6 Å². The minimum atomic E-state index is -0.556. The molecule has 1 aromatic heterocycles. The van der Waals surface area contributed by atoms with E-state index in [1.165, 1.54) is 0 Å². The van der Waals surface area contributed by atoms with Gasteiger partial charge in [-0.05, 0) is 67.6 Å². The minimum Gasteiger partial charge on any atom is -0.494 e. The summed E-state index contributed by atoms with van der Waals surface area (Å²) in [4.78, 5) is 37.2. The highest BCUT2D eigenvalue weighted by molar-refractivity contribution is 6.05. The van der Waals surface area contributed by atoms with Gasteiger partial charge in [0.1, 0.15) is 11.3 Å². The molecular weight excluding hydrogens is 408 g/mol. The summed E-state index contributed by atoms with van der Waals surface area (Å²) >= 11 is 0. The van der Waals surface area contributed by atoms with Crippen LogP contribution in [-0.2, 0) is 0 Å². The van der Waals surface area contributed by atoms with E-state index < -0.39 is 5.91 Å². The van der Waals surface area contributed by atoms with Crippen LogP contribution in [0.5, 0.6) is 5.75 Å². The number of carbonyl (C=O) groups is 2. The van der Waals surface area contributed by atoms with Crippen molar-refractivity contribution in [3.05, 3.63) is 100 Å². The molecule has 0 aliphatic carbocycles. The van der Waals surface area contributed by atoms with Crippen molar-refractivity contribution >= 4 is 34.2 Å². The number of amides is 2. The molecule has 0 saturated heterocycles. The van der Waals surface area contributed by atoms with E-state index in [0.717, 1.165) is 11.8 Å². The molecule has 160 valence electrons. The highest BCUT2D eigenvalue weighted by Gasteiger charge is 2.13. The normalized spacial score (nSPS) is 10.5. The van der Waals surface area contributed by atoms with E-state index in [1.54, 1.807) is 72.8 Å². The third-order valence-corrected chi connectivity index (χ3v) is 4.69. The summed E-state index contributed by atoms with van der Waals surface area (Å²) in [5.41, 5.74) is 1.57. The first-order chi connectivity index (χ1) is 15.5.